The van der Waals surface area contributed by atoms with E-state index in [2.05, 4.69) is 39.9 Å². The first-order valence-corrected chi connectivity index (χ1v) is 11.0. The fraction of sp³-hybridized carbons (Fsp3) is 0.550. The number of pyridine rings is 1. The average molecular weight is 434 g/mol. The van der Waals surface area contributed by atoms with Crippen molar-refractivity contribution in [3.05, 3.63) is 47.8 Å². The monoisotopic (exact) mass is 433 g/mol. The van der Waals surface area contributed by atoms with E-state index >= 15 is 0 Å². The summed E-state index contributed by atoms with van der Waals surface area (Å²) in [4.78, 5) is 8.70. The van der Waals surface area contributed by atoms with Crippen molar-refractivity contribution in [3.63, 3.8) is 0 Å². The Labute approximate surface area is 174 Å². The summed E-state index contributed by atoms with van der Waals surface area (Å²) < 4.78 is 37.6. The Balaban J connectivity index is 1.68. The quantitative estimate of drug-likeness (QED) is 0.228. The van der Waals surface area contributed by atoms with Gasteiger partial charge in [-0.1, -0.05) is 13.0 Å². The number of alkyl halides is 4. The van der Waals surface area contributed by atoms with Gasteiger partial charge in [0, 0.05) is 49.7 Å². The molecule has 2 heterocycles. The molecule has 0 aromatic carbocycles. The highest BCUT2D eigenvalue weighted by molar-refractivity contribution is 7.99. The Morgan fingerprint density at radius 1 is 1.25 bits per heavy atom. The van der Waals surface area contributed by atoms with Gasteiger partial charge in [0.1, 0.15) is 0 Å². The van der Waals surface area contributed by atoms with E-state index in [0.717, 1.165) is 63.6 Å². The maximum Gasteiger partial charge on any atom is 0.417 e. The molecule has 0 aliphatic carbocycles. The molecule has 0 unspecified atom stereocenters. The molecule has 0 spiro atoms. The van der Waals surface area contributed by atoms with E-state index in [1.165, 1.54) is 23.5 Å². The lowest BCUT2D eigenvalue weighted by Gasteiger charge is -2.36. The van der Waals surface area contributed by atoms with Crippen LogP contribution in [-0.2, 0) is 6.18 Å². The lowest BCUT2D eigenvalue weighted by atomic mass is 10.2. The number of thioether (sulfide) groups is 1. The third-order valence-corrected chi connectivity index (χ3v) is 5.66. The lowest BCUT2D eigenvalue weighted by Crippen LogP contribution is -2.45. The summed E-state index contributed by atoms with van der Waals surface area (Å²) in [6.07, 6.45) is 4.91. The summed E-state index contributed by atoms with van der Waals surface area (Å²) in [5.74, 6) is 1.36. The topological polar surface area (TPSA) is 19.4 Å². The van der Waals surface area contributed by atoms with Crippen LogP contribution in [0.3, 0.4) is 0 Å². The molecule has 3 nitrogen and oxygen atoms in total. The molecule has 1 aliphatic heterocycles. The van der Waals surface area contributed by atoms with E-state index < -0.39 is 11.7 Å². The Morgan fingerprint density at radius 2 is 2.00 bits per heavy atom. The highest BCUT2D eigenvalue weighted by Crippen LogP contribution is 2.29. The molecule has 1 aliphatic rings. The van der Waals surface area contributed by atoms with Crippen LogP contribution >= 0.6 is 23.4 Å². The standard InChI is InChI=1S/C20H27ClF3N3S/c1-2-3-5-18(8-9-21)27-13-11-26(12-14-27)10-4-15-28-19-7-6-17(16-25-19)20(22,23)24/h3,5-8,16H,2,4,9-15H2,1H3/b5-3-,18-8+. The van der Waals surface area contributed by atoms with Crippen molar-refractivity contribution >= 4 is 23.4 Å². The molecule has 0 atom stereocenters. The number of aromatic nitrogens is 1. The van der Waals surface area contributed by atoms with Gasteiger partial charge in [0.15, 0.2) is 0 Å². The summed E-state index contributed by atoms with van der Waals surface area (Å²) in [5.41, 5.74) is 0.492. The van der Waals surface area contributed by atoms with Crippen LogP contribution < -0.4 is 0 Å². The molecule has 0 radical (unpaired) electrons. The molecule has 2 rings (SSSR count). The van der Waals surface area contributed by atoms with Gasteiger partial charge in [0.25, 0.3) is 0 Å². The molecular weight excluding hydrogens is 407 g/mol. The minimum absolute atomic E-state index is 0.513. The first-order chi connectivity index (χ1) is 13.4. The van der Waals surface area contributed by atoms with Crippen molar-refractivity contribution in [2.24, 2.45) is 0 Å². The molecule has 0 amide bonds. The molecule has 0 N–H and O–H groups in total. The smallest absolute Gasteiger partial charge is 0.369 e. The minimum atomic E-state index is -4.33. The molecule has 0 bridgehead atoms. The molecule has 156 valence electrons. The zero-order valence-corrected chi connectivity index (χ0v) is 17.7. The largest absolute Gasteiger partial charge is 0.417 e. The van der Waals surface area contributed by atoms with Crippen molar-refractivity contribution in [2.45, 2.75) is 31.0 Å². The molecule has 1 aromatic rings. The van der Waals surface area contributed by atoms with Crippen LogP contribution in [0.2, 0.25) is 0 Å². The van der Waals surface area contributed by atoms with Gasteiger partial charge >= 0.3 is 6.18 Å². The van der Waals surface area contributed by atoms with Crippen molar-refractivity contribution in [1.82, 2.24) is 14.8 Å². The van der Waals surface area contributed by atoms with Crippen LogP contribution in [-0.4, -0.2) is 59.1 Å². The Morgan fingerprint density at radius 3 is 2.57 bits per heavy atom. The van der Waals surface area contributed by atoms with Gasteiger partial charge in [0.2, 0.25) is 0 Å². The van der Waals surface area contributed by atoms with Gasteiger partial charge in [0.05, 0.1) is 10.6 Å². The Kier molecular flexibility index (Phi) is 9.68. The summed E-state index contributed by atoms with van der Waals surface area (Å²) in [7, 11) is 0. The van der Waals surface area contributed by atoms with Crippen molar-refractivity contribution in [2.75, 3.05) is 44.4 Å². The van der Waals surface area contributed by atoms with Gasteiger partial charge in [-0.3, -0.25) is 4.90 Å². The van der Waals surface area contributed by atoms with Gasteiger partial charge in [-0.25, -0.2) is 4.98 Å². The molecule has 0 saturated carbocycles. The summed E-state index contributed by atoms with van der Waals surface area (Å²) in [6, 6.07) is 2.54. The zero-order valence-electron chi connectivity index (χ0n) is 16.1. The third-order valence-electron chi connectivity index (χ3n) is 4.48. The fourth-order valence-corrected chi connectivity index (χ4v) is 3.88. The van der Waals surface area contributed by atoms with Crippen molar-refractivity contribution in [3.8, 4) is 0 Å². The average Bonchev–Trinajstić information content (AvgIpc) is 2.69. The number of hydrogen-bond donors (Lipinski definition) is 0. The van der Waals surface area contributed by atoms with Crippen LogP contribution in [0.1, 0.15) is 25.3 Å². The molecular formula is C20H27ClF3N3S. The van der Waals surface area contributed by atoms with E-state index in [4.69, 9.17) is 11.6 Å². The second kappa shape index (κ2) is 11.7. The van der Waals surface area contributed by atoms with E-state index in [-0.39, 0.29) is 0 Å². The Bertz CT molecular complexity index is 639. The van der Waals surface area contributed by atoms with Crippen LogP contribution in [0.4, 0.5) is 13.2 Å². The van der Waals surface area contributed by atoms with Crippen LogP contribution in [0.5, 0.6) is 0 Å². The van der Waals surface area contributed by atoms with Gasteiger partial charge < -0.3 is 4.90 Å². The SMILES string of the molecule is CC/C=C\C(=C/CCl)N1CCN(CCCSc2ccc(C(F)(F)F)cn2)CC1. The van der Waals surface area contributed by atoms with Crippen LogP contribution in [0.15, 0.2) is 47.3 Å². The second-order valence-electron chi connectivity index (χ2n) is 6.51. The molecule has 8 heteroatoms. The third kappa shape index (κ3) is 7.68. The predicted molar refractivity (Wildman–Crippen MR) is 111 cm³/mol. The highest BCUT2D eigenvalue weighted by Gasteiger charge is 2.30. The maximum absolute atomic E-state index is 12.5. The number of nitrogens with zero attached hydrogens (tertiary/aromatic N) is 3. The normalized spacial score (nSPS) is 16.9. The maximum atomic E-state index is 12.5. The van der Waals surface area contributed by atoms with Crippen LogP contribution in [0.25, 0.3) is 0 Å². The first-order valence-electron chi connectivity index (χ1n) is 9.50. The lowest BCUT2D eigenvalue weighted by molar-refractivity contribution is -0.137. The number of hydrogen-bond acceptors (Lipinski definition) is 4. The number of piperazine rings is 1. The highest BCUT2D eigenvalue weighted by atomic mass is 35.5. The van der Waals surface area contributed by atoms with E-state index in [1.807, 2.05) is 0 Å². The number of allylic oxidation sites excluding steroid dienone is 3. The minimum Gasteiger partial charge on any atom is -0.369 e. The molecule has 1 saturated heterocycles. The van der Waals surface area contributed by atoms with Gasteiger partial charge in [-0.15, -0.1) is 23.4 Å². The summed E-state index contributed by atoms with van der Waals surface area (Å²) in [5, 5.41) is 0.636. The van der Waals surface area contributed by atoms with E-state index in [1.54, 1.807) is 0 Å². The molecule has 1 fully saturated rings. The number of rotatable bonds is 9. The van der Waals surface area contributed by atoms with Crippen molar-refractivity contribution < 1.29 is 13.2 Å². The van der Waals surface area contributed by atoms with E-state index in [9.17, 15) is 13.2 Å². The van der Waals surface area contributed by atoms with Crippen molar-refractivity contribution in [1.29, 1.82) is 0 Å². The van der Waals surface area contributed by atoms with E-state index in [0.29, 0.717) is 10.9 Å². The summed E-state index contributed by atoms with van der Waals surface area (Å²) in [6.45, 7) is 7.06. The van der Waals surface area contributed by atoms with Crippen LogP contribution in [0, 0.1) is 0 Å². The zero-order chi connectivity index (χ0) is 20.4. The molecule has 28 heavy (non-hydrogen) atoms. The first kappa shape index (κ1) is 23.1. The molecule has 1 aromatic heterocycles. The predicted octanol–water partition coefficient (Wildman–Crippen LogP) is 5.29. The second-order valence-corrected chi connectivity index (χ2v) is 7.93. The Hall–Kier alpha value is -1.18. The number of halogens is 4. The van der Waals surface area contributed by atoms with Gasteiger partial charge in [-0.2, -0.15) is 13.2 Å². The van der Waals surface area contributed by atoms with Gasteiger partial charge in [-0.05, 0) is 43.7 Å². The summed E-state index contributed by atoms with van der Waals surface area (Å²) >= 11 is 7.38. The fourth-order valence-electron chi connectivity index (χ4n) is 2.95.